The van der Waals surface area contributed by atoms with Gasteiger partial charge in [-0.3, -0.25) is 4.57 Å². The molecule has 0 saturated carbocycles. The number of nitrogens with two attached hydrogens (primary N) is 1. The van der Waals surface area contributed by atoms with Crippen molar-refractivity contribution in [3.8, 4) is 5.82 Å². The first-order valence-electron chi connectivity index (χ1n) is 5.07. The van der Waals surface area contributed by atoms with Gasteiger partial charge in [0.25, 0.3) is 0 Å². The Balaban J connectivity index is 2.42. The smallest absolute Gasteiger partial charge is 0.138 e. The number of hydrogen-bond donors (Lipinski definition) is 1. The third-order valence-corrected chi connectivity index (χ3v) is 3.19. The largest absolute Gasteiger partial charge is 0.330 e. The van der Waals surface area contributed by atoms with Crippen LogP contribution >= 0.6 is 15.9 Å². The van der Waals surface area contributed by atoms with Crippen molar-refractivity contribution in [3.05, 3.63) is 40.5 Å². The van der Waals surface area contributed by atoms with Crippen molar-refractivity contribution in [2.24, 2.45) is 5.73 Å². The molecule has 2 rings (SSSR count). The van der Waals surface area contributed by atoms with Crippen LogP contribution in [0.25, 0.3) is 5.82 Å². The van der Waals surface area contributed by atoms with Gasteiger partial charge in [0, 0.05) is 29.5 Å². The molecule has 0 aromatic carbocycles. The van der Waals surface area contributed by atoms with E-state index in [0.717, 1.165) is 28.1 Å². The summed E-state index contributed by atoms with van der Waals surface area (Å²) in [6.45, 7) is 2.63. The molecular formula is C11H13BrN4. The van der Waals surface area contributed by atoms with E-state index in [0.29, 0.717) is 6.54 Å². The number of pyridine rings is 1. The molecule has 5 heteroatoms. The molecule has 0 spiro atoms. The molecule has 2 heterocycles. The Morgan fingerprint density at radius 3 is 2.94 bits per heavy atom. The highest BCUT2D eigenvalue weighted by Gasteiger charge is 2.06. The lowest BCUT2D eigenvalue weighted by atomic mass is 10.3. The van der Waals surface area contributed by atoms with Crippen LogP contribution in [0.2, 0.25) is 0 Å². The lowest BCUT2D eigenvalue weighted by Crippen LogP contribution is -2.09. The number of imidazole rings is 1. The van der Waals surface area contributed by atoms with Crippen molar-refractivity contribution in [1.29, 1.82) is 0 Å². The van der Waals surface area contributed by atoms with Crippen LogP contribution in [0.3, 0.4) is 0 Å². The molecule has 0 aliphatic heterocycles. The van der Waals surface area contributed by atoms with Gasteiger partial charge >= 0.3 is 0 Å². The van der Waals surface area contributed by atoms with Gasteiger partial charge in [0.05, 0.1) is 0 Å². The van der Waals surface area contributed by atoms with Crippen molar-refractivity contribution >= 4 is 15.9 Å². The van der Waals surface area contributed by atoms with Crippen molar-refractivity contribution in [1.82, 2.24) is 14.5 Å². The van der Waals surface area contributed by atoms with Gasteiger partial charge < -0.3 is 5.73 Å². The van der Waals surface area contributed by atoms with Crippen LogP contribution in [0.4, 0.5) is 0 Å². The number of nitrogens with zero attached hydrogens (tertiary/aromatic N) is 3. The molecule has 2 aromatic heterocycles. The molecule has 16 heavy (non-hydrogen) atoms. The summed E-state index contributed by atoms with van der Waals surface area (Å²) in [7, 11) is 0. The quantitative estimate of drug-likeness (QED) is 0.934. The van der Waals surface area contributed by atoms with Crippen LogP contribution in [0, 0.1) is 6.92 Å². The summed E-state index contributed by atoms with van der Waals surface area (Å²) < 4.78 is 2.98. The SMILES string of the molecule is Cc1cc(-n2ccnc2CCN)ncc1Br. The van der Waals surface area contributed by atoms with E-state index in [-0.39, 0.29) is 0 Å². The highest BCUT2D eigenvalue weighted by atomic mass is 79.9. The van der Waals surface area contributed by atoms with E-state index >= 15 is 0 Å². The molecule has 0 unspecified atom stereocenters. The van der Waals surface area contributed by atoms with E-state index in [1.807, 2.05) is 23.8 Å². The molecule has 2 aromatic rings. The third kappa shape index (κ3) is 2.15. The van der Waals surface area contributed by atoms with Gasteiger partial charge in [-0.25, -0.2) is 9.97 Å². The van der Waals surface area contributed by atoms with E-state index in [1.54, 1.807) is 12.4 Å². The highest BCUT2D eigenvalue weighted by Crippen LogP contribution is 2.17. The summed E-state index contributed by atoms with van der Waals surface area (Å²) >= 11 is 3.43. The maximum absolute atomic E-state index is 5.54. The summed E-state index contributed by atoms with van der Waals surface area (Å²) in [5, 5.41) is 0. The monoisotopic (exact) mass is 280 g/mol. The molecule has 0 fully saturated rings. The van der Waals surface area contributed by atoms with Crippen LogP contribution in [-0.2, 0) is 6.42 Å². The van der Waals surface area contributed by atoms with Gasteiger partial charge in [-0.05, 0) is 41.0 Å². The summed E-state index contributed by atoms with van der Waals surface area (Å²) in [6, 6.07) is 2.02. The molecule has 0 atom stereocenters. The predicted molar refractivity (Wildman–Crippen MR) is 66.6 cm³/mol. The summed E-state index contributed by atoms with van der Waals surface area (Å²) in [5.74, 6) is 1.82. The maximum Gasteiger partial charge on any atom is 0.138 e. The molecule has 2 N–H and O–H groups in total. The Kier molecular flexibility index (Phi) is 3.36. The zero-order valence-electron chi connectivity index (χ0n) is 9.02. The number of aromatic nitrogens is 3. The fraction of sp³-hybridized carbons (Fsp3) is 0.273. The number of halogens is 1. The van der Waals surface area contributed by atoms with Gasteiger partial charge in [-0.2, -0.15) is 0 Å². The second-order valence-corrected chi connectivity index (χ2v) is 4.40. The van der Waals surface area contributed by atoms with Crippen LogP contribution in [-0.4, -0.2) is 21.1 Å². The first-order chi connectivity index (χ1) is 7.72. The standard InChI is InChI=1S/C11H13BrN4/c1-8-6-11(15-7-9(8)12)16-5-4-14-10(16)2-3-13/h4-7H,2-3,13H2,1H3. The van der Waals surface area contributed by atoms with E-state index in [2.05, 4.69) is 25.9 Å². The van der Waals surface area contributed by atoms with Gasteiger partial charge in [0.2, 0.25) is 0 Å². The van der Waals surface area contributed by atoms with E-state index < -0.39 is 0 Å². The first-order valence-corrected chi connectivity index (χ1v) is 5.86. The molecule has 0 aliphatic carbocycles. The first kappa shape index (κ1) is 11.3. The summed E-state index contributed by atoms with van der Waals surface area (Å²) in [5.41, 5.74) is 6.69. The molecule has 4 nitrogen and oxygen atoms in total. The lowest BCUT2D eigenvalue weighted by molar-refractivity contribution is 0.822. The second-order valence-electron chi connectivity index (χ2n) is 3.54. The summed E-state index contributed by atoms with van der Waals surface area (Å²) in [6.07, 6.45) is 6.23. The second kappa shape index (κ2) is 4.76. The van der Waals surface area contributed by atoms with E-state index in [4.69, 9.17) is 5.73 Å². The van der Waals surface area contributed by atoms with Crippen molar-refractivity contribution < 1.29 is 0 Å². The van der Waals surface area contributed by atoms with Gasteiger partial charge in [-0.15, -0.1) is 0 Å². The lowest BCUT2D eigenvalue weighted by Gasteiger charge is -2.07. The fourth-order valence-corrected chi connectivity index (χ4v) is 1.73. The van der Waals surface area contributed by atoms with Crippen LogP contribution in [0.5, 0.6) is 0 Å². The van der Waals surface area contributed by atoms with Gasteiger partial charge in [0.1, 0.15) is 11.6 Å². The predicted octanol–water partition coefficient (Wildman–Crippen LogP) is 1.84. The Hall–Kier alpha value is -1.20. The minimum Gasteiger partial charge on any atom is -0.330 e. The number of aryl methyl sites for hydroxylation is 1. The molecule has 0 radical (unpaired) electrons. The van der Waals surface area contributed by atoms with Crippen molar-refractivity contribution in [2.45, 2.75) is 13.3 Å². The van der Waals surface area contributed by atoms with Crippen molar-refractivity contribution in [2.75, 3.05) is 6.54 Å². The number of rotatable bonds is 3. The Morgan fingerprint density at radius 2 is 2.25 bits per heavy atom. The van der Waals surface area contributed by atoms with Crippen molar-refractivity contribution in [3.63, 3.8) is 0 Å². The zero-order valence-corrected chi connectivity index (χ0v) is 10.6. The molecule has 0 aliphatic rings. The average molecular weight is 281 g/mol. The summed E-state index contributed by atoms with van der Waals surface area (Å²) in [4.78, 5) is 8.63. The molecule has 0 bridgehead atoms. The molecular weight excluding hydrogens is 268 g/mol. The van der Waals surface area contributed by atoms with E-state index in [9.17, 15) is 0 Å². The maximum atomic E-state index is 5.54. The van der Waals surface area contributed by atoms with Crippen LogP contribution in [0.15, 0.2) is 29.1 Å². The van der Waals surface area contributed by atoms with Crippen LogP contribution in [0.1, 0.15) is 11.4 Å². The Bertz CT molecular complexity index is 492. The third-order valence-electron chi connectivity index (χ3n) is 2.36. The Labute approximate surface area is 103 Å². The molecule has 0 saturated heterocycles. The minimum absolute atomic E-state index is 0.590. The topological polar surface area (TPSA) is 56.7 Å². The molecule has 0 amide bonds. The highest BCUT2D eigenvalue weighted by molar-refractivity contribution is 9.10. The molecule has 84 valence electrons. The minimum atomic E-state index is 0.590. The van der Waals surface area contributed by atoms with Gasteiger partial charge in [0.15, 0.2) is 0 Å². The van der Waals surface area contributed by atoms with E-state index in [1.165, 1.54) is 0 Å². The number of hydrogen-bond acceptors (Lipinski definition) is 3. The normalized spacial score (nSPS) is 10.7. The van der Waals surface area contributed by atoms with Crippen LogP contribution < -0.4 is 5.73 Å². The van der Waals surface area contributed by atoms with Gasteiger partial charge in [-0.1, -0.05) is 0 Å². The zero-order chi connectivity index (χ0) is 11.5. The fourth-order valence-electron chi connectivity index (χ4n) is 1.51. The average Bonchev–Trinajstić information content (AvgIpc) is 2.71. The Morgan fingerprint density at radius 1 is 1.44 bits per heavy atom.